The lowest BCUT2D eigenvalue weighted by molar-refractivity contribution is -0.0435. The first kappa shape index (κ1) is 25.3. The van der Waals surface area contributed by atoms with Gasteiger partial charge < -0.3 is 19.5 Å². The number of rotatable bonds is 4. The van der Waals surface area contributed by atoms with E-state index in [1.165, 1.54) is 5.01 Å². The lowest BCUT2D eigenvalue weighted by atomic mass is 9.88. The van der Waals surface area contributed by atoms with E-state index in [2.05, 4.69) is 51.2 Å². The van der Waals surface area contributed by atoms with E-state index in [1.807, 2.05) is 56.3 Å². The fourth-order valence-electron chi connectivity index (χ4n) is 5.63. The van der Waals surface area contributed by atoms with Crippen LogP contribution in [-0.4, -0.2) is 34.7 Å². The highest BCUT2D eigenvalue weighted by Gasteiger charge is 2.38. The van der Waals surface area contributed by atoms with Crippen LogP contribution in [0.15, 0.2) is 65.8 Å². The third kappa shape index (κ3) is 4.82. The molecule has 7 heteroatoms. The molecule has 0 aromatic heterocycles. The number of hydrazone groups is 1. The summed E-state index contributed by atoms with van der Waals surface area (Å²) in [6, 6.07) is 19.9. The van der Waals surface area contributed by atoms with Crippen molar-refractivity contribution in [2.24, 2.45) is 5.10 Å². The Morgan fingerprint density at radius 3 is 2.49 bits per heavy atom. The van der Waals surface area contributed by atoms with Gasteiger partial charge >= 0.3 is 6.03 Å². The normalized spacial score (nSPS) is 20.0. The van der Waals surface area contributed by atoms with E-state index in [-0.39, 0.29) is 23.5 Å². The number of hydrogen-bond acceptors (Lipinski definition) is 5. The molecule has 0 bridgehead atoms. The Bertz CT molecular complexity index is 1480. The summed E-state index contributed by atoms with van der Waals surface area (Å²) in [6.07, 6.45) is 0.799. The first-order valence-corrected chi connectivity index (χ1v) is 13.6. The van der Waals surface area contributed by atoms with Crippen LogP contribution in [0.4, 0.5) is 10.5 Å². The SMILES string of the molecule is CC(C)c1cc(C2=NN(C(=O)Nc3ccc4c(c3)CC(C)(C)O4)CC2c2ccccc2)cc2c1OC(C)(C)O2. The summed E-state index contributed by atoms with van der Waals surface area (Å²) < 4.78 is 18.3. The van der Waals surface area contributed by atoms with Gasteiger partial charge in [-0.15, -0.1) is 0 Å². The summed E-state index contributed by atoms with van der Waals surface area (Å²) in [6.45, 7) is 12.7. The van der Waals surface area contributed by atoms with Gasteiger partial charge in [-0.1, -0.05) is 44.2 Å². The van der Waals surface area contributed by atoms with Gasteiger partial charge in [0.1, 0.15) is 11.4 Å². The number of amides is 2. The zero-order valence-corrected chi connectivity index (χ0v) is 23.4. The van der Waals surface area contributed by atoms with Crippen LogP contribution in [-0.2, 0) is 6.42 Å². The molecule has 202 valence electrons. The van der Waals surface area contributed by atoms with Gasteiger partial charge in [0.15, 0.2) is 11.5 Å². The van der Waals surface area contributed by atoms with Gasteiger partial charge in [0, 0.05) is 48.6 Å². The third-order valence-corrected chi connectivity index (χ3v) is 7.37. The number of nitrogens with zero attached hydrogens (tertiary/aromatic N) is 2. The van der Waals surface area contributed by atoms with Crippen molar-refractivity contribution in [1.29, 1.82) is 0 Å². The summed E-state index contributed by atoms with van der Waals surface area (Å²) >= 11 is 0. The number of anilines is 1. The number of fused-ring (bicyclic) bond motifs is 2. The highest BCUT2D eigenvalue weighted by Crippen LogP contribution is 2.46. The first-order chi connectivity index (χ1) is 18.5. The van der Waals surface area contributed by atoms with Gasteiger partial charge in [-0.05, 0) is 55.7 Å². The first-order valence-electron chi connectivity index (χ1n) is 13.6. The van der Waals surface area contributed by atoms with Crippen LogP contribution < -0.4 is 19.5 Å². The quantitative estimate of drug-likeness (QED) is 0.396. The minimum absolute atomic E-state index is 0.0837. The number of hydrogen-bond donors (Lipinski definition) is 1. The second-order valence-electron chi connectivity index (χ2n) is 12.0. The number of carbonyl (C=O) groups is 1. The van der Waals surface area contributed by atoms with E-state index in [9.17, 15) is 4.79 Å². The van der Waals surface area contributed by atoms with Crippen LogP contribution >= 0.6 is 0 Å². The Hall–Kier alpha value is -4.00. The van der Waals surface area contributed by atoms with Crippen molar-refractivity contribution in [2.75, 3.05) is 11.9 Å². The number of nitrogens with one attached hydrogen (secondary N) is 1. The lowest BCUT2D eigenvalue weighted by Gasteiger charge is -2.17. The van der Waals surface area contributed by atoms with Gasteiger partial charge in [0.05, 0.1) is 12.3 Å². The van der Waals surface area contributed by atoms with E-state index in [4.69, 9.17) is 19.3 Å². The Balaban J connectivity index is 1.34. The second-order valence-corrected chi connectivity index (χ2v) is 12.0. The van der Waals surface area contributed by atoms with Gasteiger partial charge in [-0.2, -0.15) is 5.10 Å². The zero-order valence-electron chi connectivity index (χ0n) is 23.4. The average molecular weight is 526 g/mol. The third-order valence-electron chi connectivity index (χ3n) is 7.37. The van der Waals surface area contributed by atoms with Crippen LogP contribution in [0.2, 0.25) is 0 Å². The van der Waals surface area contributed by atoms with Crippen molar-refractivity contribution >= 4 is 17.4 Å². The Labute approximate surface area is 229 Å². The van der Waals surface area contributed by atoms with E-state index in [1.54, 1.807) is 0 Å². The smallest absolute Gasteiger partial charge is 0.342 e. The molecule has 1 unspecified atom stereocenters. The predicted octanol–water partition coefficient (Wildman–Crippen LogP) is 7.07. The van der Waals surface area contributed by atoms with Crippen LogP contribution in [0, 0.1) is 0 Å². The van der Waals surface area contributed by atoms with E-state index < -0.39 is 5.79 Å². The van der Waals surface area contributed by atoms with Crippen molar-refractivity contribution in [3.8, 4) is 17.2 Å². The van der Waals surface area contributed by atoms with Crippen LogP contribution in [0.5, 0.6) is 17.2 Å². The van der Waals surface area contributed by atoms with Crippen LogP contribution in [0.25, 0.3) is 0 Å². The molecule has 3 heterocycles. The molecular formula is C32H35N3O4. The molecule has 1 N–H and O–H groups in total. The van der Waals surface area contributed by atoms with Crippen molar-refractivity contribution < 1.29 is 19.0 Å². The van der Waals surface area contributed by atoms with E-state index in [0.29, 0.717) is 12.3 Å². The van der Waals surface area contributed by atoms with Gasteiger partial charge in [0.25, 0.3) is 0 Å². The maximum Gasteiger partial charge on any atom is 0.342 e. The Morgan fingerprint density at radius 2 is 1.74 bits per heavy atom. The minimum Gasteiger partial charge on any atom is -0.487 e. The van der Waals surface area contributed by atoms with E-state index >= 15 is 0 Å². The number of ether oxygens (including phenoxy) is 3. The maximum absolute atomic E-state index is 13.5. The number of urea groups is 1. The van der Waals surface area contributed by atoms with Crippen LogP contribution in [0.1, 0.15) is 75.6 Å². The van der Waals surface area contributed by atoms with Crippen molar-refractivity contribution in [1.82, 2.24) is 5.01 Å². The molecule has 39 heavy (non-hydrogen) atoms. The number of benzene rings is 3. The molecule has 3 aromatic rings. The minimum atomic E-state index is -0.733. The van der Waals surface area contributed by atoms with Gasteiger partial charge in [-0.25, -0.2) is 9.80 Å². The fourth-order valence-corrected chi connectivity index (χ4v) is 5.63. The molecule has 7 nitrogen and oxygen atoms in total. The highest BCUT2D eigenvalue weighted by molar-refractivity contribution is 6.08. The largest absolute Gasteiger partial charge is 0.487 e. The average Bonchev–Trinajstić information content (AvgIpc) is 3.54. The Morgan fingerprint density at radius 1 is 0.974 bits per heavy atom. The zero-order chi connectivity index (χ0) is 27.5. The molecule has 0 radical (unpaired) electrons. The Kier molecular flexibility index (Phi) is 5.86. The number of carbonyl (C=O) groups excluding carboxylic acids is 1. The van der Waals surface area contributed by atoms with Gasteiger partial charge in [0.2, 0.25) is 5.79 Å². The van der Waals surface area contributed by atoms with Crippen molar-refractivity contribution in [3.05, 3.63) is 82.9 Å². The second kappa shape index (κ2) is 9.04. The predicted molar refractivity (Wildman–Crippen MR) is 152 cm³/mol. The molecule has 2 amide bonds. The molecular weight excluding hydrogens is 490 g/mol. The van der Waals surface area contributed by atoms with Crippen molar-refractivity contribution in [3.63, 3.8) is 0 Å². The summed E-state index contributed by atoms with van der Waals surface area (Å²) in [7, 11) is 0. The van der Waals surface area contributed by atoms with Crippen LogP contribution in [0.3, 0.4) is 0 Å². The summed E-state index contributed by atoms with van der Waals surface area (Å²) in [4.78, 5) is 13.5. The molecule has 0 saturated carbocycles. The molecule has 0 spiro atoms. The van der Waals surface area contributed by atoms with Gasteiger partial charge in [-0.3, -0.25) is 0 Å². The molecule has 0 saturated heterocycles. The monoisotopic (exact) mass is 525 g/mol. The molecule has 1 atom stereocenters. The van der Waals surface area contributed by atoms with Crippen molar-refractivity contribution in [2.45, 2.75) is 71.2 Å². The molecule has 3 aromatic carbocycles. The van der Waals surface area contributed by atoms with E-state index in [0.717, 1.165) is 51.6 Å². The molecule has 3 aliphatic rings. The molecule has 0 aliphatic carbocycles. The molecule has 3 aliphatic heterocycles. The lowest BCUT2D eigenvalue weighted by Crippen LogP contribution is -2.30. The molecule has 0 fully saturated rings. The fraction of sp³-hybridized carbons (Fsp3) is 0.375. The standard InChI is InChI=1S/C32H35N3O4/c1-19(2)24-15-21(16-27-29(24)39-32(5,6)38-27)28-25(20-10-8-7-9-11-20)18-35(34-28)30(36)33-23-12-13-26-22(14-23)17-31(3,4)37-26/h7-16,19,25H,17-18H2,1-6H3,(H,33,36). The summed E-state index contributed by atoms with van der Waals surface area (Å²) in [5.74, 6) is 1.77. The summed E-state index contributed by atoms with van der Waals surface area (Å²) in [5, 5.41) is 9.47. The summed E-state index contributed by atoms with van der Waals surface area (Å²) in [5.41, 5.74) is 5.51. The highest BCUT2D eigenvalue weighted by atomic mass is 16.7. The maximum atomic E-state index is 13.5. The molecule has 6 rings (SSSR count). The topological polar surface area (TPSA) is 72.4 Å².